The van der Waals surface area contributed by atoms with Crippen LogP contribution in [0.3, 0.4) is 0 Å². The zero-order chi connectivity index (χ0) is 8.69. The highest BCUT2D eigenvalue weighted by Crippen LogP contribution is 1.98. The number of nitrogens with two attached hydrogens (primary N) is 1. The average Bonchev–Trinajstić information content (AvgIpc) is 1.97. The van der Waals surface area contributed by atoms with Gasteiger partial charge >= 0.3 is 6.03 Å². The molecule has 1 unspecified atom stereocenters. The molecule has 0 heterocycles. The van der Waals surface area contributed by atoms with Crippen LogP contribution in [0.5, 0.6) is 0 Å². The van der Waals surface area contributed by atoms with E-state index in [1.807, 2.05) is 5.43 Å². The topological polar surface area (TPSA) is 67.5 Å². The van der Waals surface area contributed by atoms with E-state index in [4.69, 9.17) is 17.3 Å². The van der Waals surface area contributed by atoms with Crippen molar-refractivity contribution >= 4 is 23.8 Å². The normalized spacial score (nSPS) is 12.8. The quantitative estimate of drug-likeness (QED) is 0.283. The van der Waals surface area contributed by atoms with Crippen molar-refractivity contribution in [1.82, 2.24) is 5.43 Å². The smallest absolute Gasteiger partial charge is 0.332 e. The number of hydrogen-bond donors (Lipinski definition) is 2. The van der Waals surface area contributed by atoms with Crippen LogP contribution >= 0.6 is 11.6 Å². The molecule has 11 heavy (non-hydrogen) atoms. The van der Waals surface area contributed by atoms with Crippen LogP contribution < -0.4 is 11.2 Å². The number of carbonyl (C=O) groups is 1. The summed E-state index contributed by atoms with van der Waals surface area (Å²) < 4.78 is 0. The van der Waals surface area contributed by atoms with Gasteiger partial charge < -0.3 is 5.73 Å². The predicted octanol–water partition coefficient (Wildman–Crippen LogP) is 0.824. The number of hydrogen-bond acceptors (Lipinski definition) is 2. The summed E-state index contributed by atoms with van der Waals surface area (Å²) in [7, 11) is 0. The van der Waals surface area contributed by atoms with Gasteiger partial charge in [0.15, 0.2) is 0 Å². The summed E-state index contributed by atoms with van der Waals surface area (Å²) in [5.41, 5.74) is 6.77. The number of halogens is 1. The summed E-state index contributed by atoms with van der Waals surface area (Å²) >= 11 is 5.63. The zero-order valence-corrected chi connectivity index (χ0v) is 6.71. The van der Waals surface area contributed by atoms with Crippen molar-refractivity contribution in [2.45, 2.75) is 11.8 Å². The second-order valence-corrected chi connectivity index (χ2v) is 2.34. The molecule has 2 amide bonds. The molecule has 0 aromatic rings. The van der Waals surface area contributed by atoms with Gasteiger partial charge in [0.2, 0.25) is 0 Å². The van der Waals surface area contributed by atoms with Gasteiger partial charge in [0.05, 0.1) is 5.38 Å². The molecule has 4 nitrogen and oxygen atoms in total. The number of nitrogens with zero attached hydrogens (tertiary/aromatic N) is 1. The highest BCUT2D eigenvalue weighted by molar-refractivity contribution is 6.22. The SMILES string of the molecule is C=CC(Cl)C/C=N/NC(N)=O. The first kappa shape index (κ1) is 9.97. The lowest BCUT2D eigenvalue weighted by Crippen LogP contribution is -2.24. The van der Waals surface area contributed by atoms with Crippen molar-refractivity contribution < 1.29 is 4.79 Å². The molecular weight excluding hydrogens is 166 g/mol. The van der Waals surface area contributed by atoms with Gasteiger partial charge in [-0.25, -0.2) is 10.2 Å². The van der Waals surface area contributed by atoms with Crippen LogP contribution in [-0.2, 0) is 0 Å². The van der Waals surface area contributed by atoms with Crippen molar-refractivity contribution in [3.8, 4) is 0 Å². The van der Waals surface area contributed by atoms with Gasteiger partial charge in [-0.15, -0.1) is 18.2 Å². The van der Waals surface area contributed by atoms with E-state index in [1.165, 1.54) is 6.21 Å². The number of allylic oxidation sites excluding steroid dienone is 1. The first-order valence-corrected chi connectivity index (χ1v) is 3.44. The maximum Gasteiger partial charge on any atom is 0.332 e. The van der Waals surface area contributed by atoms with E-state index < -0.39 is 6.03 Å². The molecule has 0 aliphatic heterocycles. The Morgan fingerprint density at radius 3 is 3.00 bits per heavy atom. The van der Waals surface area contributed by atoms with Crippen LogP contribution in [0, 0.1) is 0 Å². The lowest BCUT2D eigenvalue weighted by atomic mass is 10.3. The minimum absolute atomic E-state index is 0.159. The maximum atomic E-state index is 10.1. The number of urea groups is 1. The van der Waals surface area contributed by atoms with E-state index in [2.05, 4.69) is 11.7 Å². The lowest BCUT2D eigenvalue weighted by molar-refractivity contribution is 0.249. The molecule has 0 spiro atoms. The summed E-state index contributed by atoms with van der Waals surface area (Å²) in [4.78, 5) is 10.1. The number of amides is 2. The molecule has 0 rings (SSSR count). The van der Waals surface area contributed by atoms with Gasteiger partial charge in [-0.3, -0.25) is 0 Å². The van der Waals surface area contributed by atoms with E-state index in [0.717, 1.165) is 0 Å². The maximum absolute atomic E-state index is 10.1. The molecule has 62 valence electrons. The molecule has 5 heteroatoms. The van der Waals surface area contributed by atoms with E-state index in [0.29, 0.717) is 6.42 Å². The van der Waals surface area contributed by atoms with Crippen molar-refractivity contribution in [1.29, 1.82) is 0 Å². The predicted molar refractivity (Wildman–Crippen MR) is 45.7 cm³/mol. The molecular formula is C6H10ClN3O. The average molecular weight is 176 g/mol. The number of rotatable bonds is 4. The molecule has 3 N–H and O–H groups in total. The molecule has 0 radical (unpaired) electrons. The standard InChI is InChI=1S/C6H10ClN3O/c1-2-5(7)3-4-9-10-6(8)11/h2,4-5H,1,3H2,(H3,8,10,11)/b9-4+. The molecule has 1 atom stereocenters. The Kier molecular flexibility index (Phi) is 5.20. The number of alkyl halides is 1. The van der Waals surface area contributed by atoms with Crippen LogP contribution in [0.4, 0.5) is 4.79 Å². The summed E-state index contributed by atoms with van der Waals surface area (Å²) in [6, 6.07) is -0.689. The number of primary amides is 1. The highest BCUT2D eigenvalue weighted by Gasteiger charge is 1.93. The van der Waals surface area contributed by atoms with Crippen molar-refractivity contribution in [3.05, 3.63) is 12.7 Å². The van der Waals surface area contributed by atoms with Gasteiger partial charge in [-0.1, -0.05) is 6.08 Å². The number of hydrazone groups is 1. The van der Waals surface area contributed by atoms with E-state index in [1.54, 1.807) is 6.08 Å². The molecule has 0 saturated carbocycles. The van der Waals surface area contributed by atoms with Crippen LogP contribution in [0.2, 0.25) is 0 Å². The Balaban J connectivity index is 3.44. The molecule has 0 aliphatic carbocycles. The van der Waals surface area contributed by atoms with Crippen LogP contribution in [0.1, 0.15) is 6.42 Å². The minimum Gasteiger partial charge on any atom is -0.350 e. The summed E-state index contributed by atoms with van der Waals surface area (Å²) in [5, 5.41) is 3.32. The molecule has 0 aromatic carbocycles. The molecule has 0 fully saturated rings. The number of nitrogens with one attached hydrogen (secondary N) is 1. The molecule has 0 saturated heterocycles. The zero-order valence-electron chi connectivity index (χ0n) is 5.96. The van der Waals surface area contributed by atoms with Gasteiger partial charge in [0, 0.05) is 12.6 Å². The van der Waals surface area contributed by atoms with Gasteiger partial charge in [-0.2, -0.15) is 5.10 Å². The molecule has 0 aliphatic rings. The van der Waals surface area contributed by atoms with Crippen molar-refractivity contribution in [3.63, 3.8) is 0 Å². The Morgan fingerprint density at radius 2 is 2.55 bits per heavy atom. The van der Waals surface area contributed by atoms with Gasteiger partial charge in [-0.05, 0) is 0 Å². The first-order chi connectivity index (χ1) is 5.16. The van der Waals surface area contributed by atoms with Crippen LogP contribution in [-0.4, -0.2) is 17.6 Å². The third kappa shape index (κ3) is 6.86. The fraction of sp³-hybridized carbons (Fsp3) is 0.333. The van der Waals surface area contributed by atoms with Crippen LogP contribution in [0.15, 0.2) is 17.8 Å². The Hall–Kier alpha value is -1.03. The highest BCUT2D eigenvalue weighted by atomic mass is 35.5. The second kappa shape index (κ2) is 5.73. The van der Waals surface area contributed by atoms with Crippen molar-refractivity contribution in [2.75, 3.05) is 0 Å². The third-order valence-corrected chi connectivity index (χ3v) is 1.21. The Morgan fingerprint density at radius 1 is 1.91 bits per heavy atom. The number of carbonyl (C=O) groups excluding carboxylic acids is 1. The van der Waals surface area contributed by atoms with Crippen LogP contribution in [0.25, 0.3) is 0 Å². The van der Waals surface area contributed by atoms with E-state index in [9.17, 15) is 4.79 Å². The molecule has 0 aromatic heterocycles. The summed E-state index contributed by atoms with van der Waals surface area (Å²) in [6.45, 7) is 3.47. The lowest BCUT2D eigenvalue weighted by Gasteiger charge is -1.95. The minimum atomic E-state index is -0.689. The fourth-order valence-electron chi connectivity index (χ4n) is 0.359. The largest absolute Gasteiger partial charge is 0.350 e. The van der Waals surface area contributed by atoms with E-state index >= 15 is 0 Å². The Labute approximate surface area is 70.1 Å². The third-order valence-electron chi connectivity index (χ3n) is 0.852. The molecule has 0 bridgehead atoms. The fourth-order valence-corrected chi connectivity index (χ4v) is 0.439. The summed E-state index contributed by atoms with van der Waals surface area (Å²) in [6.07, 6.45) is 3.56. The van der Waals surface area contributed by atoms with Gasteiger partial charge in [0.25, 0.3) is 0 Å². The summed E-state index contributed by atoms with van der Waals surface area (Å²) in [5.74, 6) is 0. The van der Waals surface area contributed by atoms with E-state index in [-0.39, 0.29) is 5.38 Å². The second-order valence-electron chi connectivity index (χ2n) is 1.78. The Bertz CT molecular complexity index is 169. The first-order valence-electron chi connectivity index (χ1n) is 3.00. The monoisotopic (exact) mass is 175 g/mol. The van der Waals surface area contributed by atoms with Crippen molar-refractivity contribution in [2.24, 2.45) is 10.8 Å². The van der Waals surface area contributed by atoms with Gasteiger partial charge in [0.1, 0.15) is 0 Å².